The molecule has 4 rings (SSSR count). The molecule has 1 fully saturated rings. The summed E-state index contributed by atoms with van der Waals surface area (Å²) in [6.07, 6.45) is 5.70. The molecule has 0 unspecified atom stereocenters. The highest BCUT2D eigenvalue weighted by Gasteiger charge is 2.11. The number of nitrogens with zero attached hydrogens (tertiary/aromatic N) is 3. The molecule has 0 bridgehead atoms. The molecule has 138 valence electrons. The number of hydrogen-bond donors (Lipinski definition) is 0. The monoisotopic (exact) mass is 379 g/mol. The van der Waals surface area contributed by atoms with E-state index in [1.807, 2.05) is 31.2 Å². The fourth-order valence-corrected chi connectivity index (χ4v) is 3.81. The lowest BCUT2D eigenvalue weighted by atomic mass is 10.1. The number of piperidine rings is 1. The summed E-state index contributed by atoms with van der Waals surface area (Å²) in [4.78, 5) is 19.4. The van der Waals surface area contributed by atoms with E-state index in [2.05, 4.69) is 34.1 Å². The summed E-state index contributed by atoms with van der Waals surface area (Å²) >= 11 is 6.48. The van der Waals surface area contributed by atoms with Gasteiger partial charge >= 0.3 is 0 Å². The number of aromatic nitrogens is 2. The highest BCUT2D eigenvalue weighted by Crippen LogP contribution is 2.24. The Labute approximate surface area is 163 Å². The summed E-state index contributed by atoms with van der Waals surface area (Å²) in [6, 6.07) is 15.5. The first-order chi connectivity index (χ1) is 13.1. The van der Waals surface area contributed by atoms with Crippen molar-refractivity contribution < 1.29 is 0 Å². The molecule has 3 aromatic rings. The van der Waals surface area contributed by atoms with Crippen LogP contribution in [0.1, 0.15) is 36.2 Å². The minimum Gasteiger partial charge on any atom is -0.372 e. The number of hydrogen-bond acceptors (Lipinski definition) is 3. The first-order valence-corrected chi connectivity index (χ1v) is 9.72. The van der Waals surface area contributed by atoms with Gasteiger partial charge in [0.2, 0.25) is 0 Å². The van der Waals surface area contributed by atoms with E-state index < -0.39 is 0 Å². The fraction of sp³-hybridized carbons (Fsp3) is 0.273. The normalized spacial score (nSPS) is 15.3. The van der Waals surface area contributed by atoms with Gasteiger partial charge in [0.05, 0.1) is 10.7 Å². The molecule has 0 aliphatic carbocycles. The Kier molecular flexibility index (Phi) is 4.99. The largest absolute Gasteiger partial charge is 0.372 e. The molecular weight excluding hydrogens is 358 g/mol. The molecule has 5 heteroatoms. The molecule has 4 nitrogen and oxygen atoms in total. The zero-order valence-corrected chi connectivity index (χ0v) is 16.1. The minimum absolute atomic E-state index is 0.125. The van der Waals surface area contributed by atoms with Crippen LogP contribution in [0.2, 0.25) is 0 Å². The van der Waals surface area contributed by atoms with Gasteiger partial charge in [-0.1, -0.05) is 29.8 Å². The Morgan fingerprint density at radius 2 is 1.81 bits per heavy atom. The van der Waals surface area contributed by atoms with Crippen LogP contribution in [0, 0.1) is 6.92 Å². The lowest BCUT2D eigenvalue weighted by Crippen LogP contribution is -2.29. The van der Waals surface area contributed by atoms with E-state index >= 15 is 0 Å². The highest BCUT2D eigenvalue weighted by molar-refractivity contribution is 6.51. The van der Waals surface area contributed by atoms with E-state index in [-0.39, 0.29) is 5.56 Å². The summed E-state index contributed by atoms with van der Waals surface area (Å²) in [5.41, 5.74) is 4.06. The fourth-order valence-electron chi connectivity index (χ4n) is 3.59. The molecule has 0 atom stereocenters. The van der Waals surface area contributed by atoms with Crippen molar-refractivity contribution in [2.75, 3.05) is 18.0 Å². The van der Waals surface area contributed by atoms with Gasteiger partial charge in [-0.05, 0) is 62.1 Å². The maximum absolute atomic E-state index is 12.4. The predicted molar refractivity (Wildman–Crippen MR) is 112 cm³/mol. The van der Waals surface area contributed by atoms with Gasteiger partial charge in [0.25, 0.3) is 5.56 Å². The Balaban J connectivity index is 1.62. The molecule has 1 aliphatic rings. The van der Waals surface area contributed by atoms with E-state index in [1.54, 1.807) is 4.40 Å². The Bertz CT molecular complexity index is 1050. The average molecular weight is 380 g/mol. The number of benzene rings is 1. The molecule has 1 saturated heterocycles. The van der Waals surface area contributed by atoms with Crippen molar-refractivity contribution in [2.45, 2.75) is 26.2 Å². The first-order valence-electron chi connectivity index (χ1n) is 9.34. The van der Waals surface area contributed by atoms with Crippen molar-refractivity contribution in [3.8, 4) is 0 Å². The van der Waals surface area contributed by atoms with E-state index in [9.17, 15) is 4.79 Å². The lowest BCUT2D eigenvalue weighted by Gasteiger charge is -2.28. The van der Waals surface area contributed by atoms with Crippen LogP contribution in [0.15, 0.2) is 53.3 Å². The summed E-state index contributed by atoms with van der Waals surface area (Å²) in [6.45, 7) is 4.14. The van der Waals surface area contributed by atoms with Crippen LogP contribution in [-0.2, 0) is 0 Å². The van der Waals surface area contributed by atoms with Gasteiger partial charge in [-0.3, -0.25) is 9.20 Å². The molecule has 0 spiro atoms. The number of aryl methyl sites for hydroxylation is 1. The van der Waals surface area contributed by atoms with Crippen molar-refractivity contribution in [1.29, 1.82) is 0 Å². The van der Waals surface area contributed by atoms with Crippen molar-refractivity contribution in [2.24, 2.45) is 0 Å². The Morgan fingerprint density at radius 1 is 1.07 bits per heavy atom. The molecule has 0 radical (unpaired) electrons. The van der Waals surface area contributed by atoms with Gasteiger partial charge in [0.15, 0.2) is 0 Å². The highest BCUT2D eigenvalue weighted by atomic mass is 35.5. The number of halogens is 1. The standard InChI is InChI=1S/C22H22ClN3O/c1-16-6-5-7-21-24-20(15-22(27)26(16)21)19(23)14-17-8-10-18(11-9-17)25-12-3-2-4-13-25/h5-11,14-15H,2-4,12-13H2,1H3/b19-14-. The van der Waals surface area contributed by atoms with E-state index in [4.69, 9.17) is 11.6 Å². The zero-order valence-electron chi connectivity index (χ0n) is 15.4. The van der Waals surface area contributed by atoms with Crippen LogP contribution in [0.25, 0.3) is 16.8 Å². The Morgan fingerprint density at radius 3 is 2.56 bits per heavy atom. The maximum Gasteiger partial charge on any atom is 0.258 e. The van der Waals surface area contributed by atoms with Crippen LogP contribution >= 0.6 is 11.6 Å². The van der Waals surface area contributed by atoms with Gasteiger partial charge in [-0.25, -0.2) is 4.98 Å². The molecular formula is C22H22ClN3O. The second-order valence-corrected chi connectivity index (χ2v) is 7.38. The first kappa shape index (κ1) is 17.8. The summed E-state index contributed by atoms with van der Waals surface area (Å²) in [5.74, 6) is 0. The lowest BCUT2D eigenvalue weighted by molar-refractivity contribution is 0.578. The average Bonchev–Trinajstić information content (AvgIpc) is 2.69. The minimum atomic E-state index is -0.125. The molecule has 0 N–H and O–H groups in total. The van der Waals surface area contributed by atoms with Gasteiger partial charge in [0.1, 0.15) is 5.65 Å². The van der Waals surface area contributed by atoms with Crippen LogP contribution < -0.4 is 10.5 Å². The third kappa shape index (κ3) is 3.76. The van der Waals surface area contributed by atoms with E-state index in [0.717, 1.165) is 24.3 Å². The second-order valence-electron chi connectivity index (χ2n) is 6.97. The van der Waals surface area contributed by atoms with Gasteiger partial charge in [0, 0.05) is 30.5 Å². The molecule has 0 saturated carbocycles. The maximum atomic E-state index is 12.4. The predicted octanol–water partition coefficient (Wildman–Crippen LogP) is 4.73. The number of fused-ring (bicyclic) bond motifs is 1. The quantitative estimate of drug-likeness (QED) is 0.660. The van der Waals surface area contributed by atoms with Crippen LogP contribution in [0.4, 0.5) is 5.69 Å². The number of anilines is 1. The SMILES string of the molecule is Cc1cccc2nc(/C(Cl)=C/c3ccc(N4CCCCC4)cc3)cc(=O)n12. The smallest absolute Gasteiger partial charge is 0.258 e. The molecule has 27 heavy (non-hydrogen) atoms. The summed E-state index contributed by atoms with van der Waals surface area (Å²) < 4.78 is 1.58. The third-order valence-electron chi connectivity index (χ3n) is 5.03. The van der Waals surface area contributed by atoms with Crippen molar-refractivity contribution >= 4 is 34.0 Å². The molecule has 1 aromatic carbocycles. The Hall–Kier alpha value is -2.59. The molecule has 0 amide bonds. The number of rotatable bonds is 3. The zero-order chi connectivity index (χ0) is 18.8. The van der Waals surface area contributed by atoms with Crippen molar-refractivity contribution in [1.82, 2.24) is 9.38 Å². The van der Waals surface area contributed by atoms with Crippen LogP contribution in [0.3, 0.4) is 0 Å². The molecule has 1 aliphatic heterocycles. The van der Waals surface area contributed by atoms with E-state index in [1.165, 1.54) is 31.0 Å². The topological polar surface area (TPSA) is 37.6 Å². The van der Waals surface area contributed by atoms with Crippen LogP contribution in [-0.4, -0.2) is 22.5 Å². The second kappa shape index (κ2) is 7.57. The molecule has 3 heterocycles. The van der Waals surface area contributed by atoms with Crippen molar-refractivity contribution in [3.63, 3.8) is 0 Å². The number of pyridine rings is 1. The van der Waals surface area contributed by atoms with E-state index in [0.29, 0.717) is 16.4 Å². The van der Waals surface area contributed by atoms with Gasteiger partial charge in [-0.15, -0.1) is 0 Å². The van der Waals surface area contributed by atoms with Crippen molar-refractivity contribution in [3.05, 3.63) is 75.8 Å². The summed E-state index contributed by atoms with van der Waals surface area (Å²) in [5, 5.41) is 0.460. The summed E-state index contributed by atoms with van der Waals surface area (Å²) in [7, 11) is 0. The van der Waals surface area contributed by atoms with Gasteiger partial charge in [-0.2, -0.15) is 0 Å². The third-order valence-corrected chi connectivity index (χ3v) is 5.34. The molecule has 2 aromatic heterocycles. The van der Waals surface area contributed by atoms with Gasteiger partial charge < -0.3 is 4.90 Å². The van der Waals surface area contributed by atoms with Crippen LogP contribution in [0.5, 0.6) is 0 Å².